The Morgan fingerprint density at radius 2 is 1.58 bits per heavy atom. The lowest BCUT2D eigenvalue weighted by atomic mass is 10.1. The zero-order chi connectivity index (χ0) is 23.1. The molecule has 0 amide bonds. The predicted octanol–water partition coefficient (Wildman–Crippen LogP) is 3.22. The molecule has 0 atom stereocenters. The summed E-state index contributed by atoms with van der Waals surface area (Å²) in [6.07, 6.45) is 0. The van der Waals surface area contributed by atoms with E-state index in [2.05, 4.69) is 15.5 Å². The van der Waals surface area contributed by atoms with Gasteiger partial charge in [-0.05, 0) is 30.3 Å². The molecule has 3 aromatic rings. The highest BCUT2D eigenvalue weighted by Gasteiger charge is 2.24. The molecule has 6 N–H and O–H groups in total. The van der Waals surface area contributed by atoms with Gasteiger partial charge in [0.25, 0.3) is 20.2 Å². The summed E-state index contributed by atoms with van der Waals surface area (Å²) in [6.45, 7) is 0. The largest absolute Gasteiger partial charge is 0.505 e. The highest BCUT2D eigenvalue weighted by molar-refractivity contribution is 7.86. The molecule has 0 spiro atoms. The fraction of sp³-hybridized carbons (Fsp3) is 0.0588. The van der Waals surface area contributed by atoms with Gasteiger partial charge in [-0.3, -0.25) is 9.11 Å². The summed E-state index contributed by atoms with van der Waals surface area (Å²) in [5.41, 5.74) is 5.03. The third kappa shape index (κ3) is 4.27. The monoisotopic (exact) mass is 470 g/mol. The molecule has 31 heavy (non-hydrogen) atoms. The van der Waals surface area contributed by atoms with Crippen LogP contribution in [-0.4, -0.2) is 38.1 Å². The second-order valence-electron chi connectivity index (χ2n) is 6.21. The molecule has 0 fully saturated rings. The Hall–Kier alpha value is -3.33. The van der Waals surface area contributed by atoms with Crippen molar-refractivity contribution >= 4 is 53.8 Å². The van der Waals surface area contributed by atoms with Crippen molar-refractivity contribution in [2.24, 2.45) is 10.2 Å². The first-order valence-corrected chi connectivity index (χ1v) is 11.1. The lowest BCUT2D eigenvalue weighted by molar-refractivity contribution is 0.472. The van der Waals surface area contributed by atoms with Crippen LogP contribution in [0.2, 0.25) is 0 Å². The number of aromatic hydroxyl groups is 1. The van der Waals surface area contributed by atoms with Gasteiger partial charge >= 0.3 is 0 Å². The summed E-state index contributed by atoms with van der Waals surface area (Å²) in [5, 5.41) is 20.5. The molecule has 164 valence electrons. The number of nitrogen functional groups attached to an aromatic ring is 1. The van der Waals surface area contributed by atoms with E-state index in [9.17, 15) is 35.4 Å². The van der Waals surface area contributed by atoms with Crippen LogP contribution < -0.4 is 11.1 Å². The fourth-order valence-electron chi connectivity index (χ4n) is 2.84. The Morgan fingerprint density at radius 3 is 2.16 bits per heavy atom. The molecule has 0 aromatic heterocycles. The summed E-state index contributed by atoms with van der Waals surface area (Å²) in [4.78, 5) is -1.69. The first-order valence-electron chi connectivity index (χ1n) is 8.26. The molecule has 0 saturated heterocycles. The van der Waals surface area contributed by atoms with Gasteiger partial charge in [0.05, 0.1) is 11.4 Å². The second-order valence-corrected chi connectivity index (χ2v) is 8.99. The van der Waals surface area contributed by atoms with Gasteiger partial charge < -0.3 is 16.2 Å². The maximum Gasteiger partial charge on any atom is 0.296 e. The summed E-state index contributed by atoms with van der Waals surface area (Å²) in [5.74, 6) is -1.67. The van der Waals surface area contributed by atoms with Crippen molar-refractivity contribution in [2.75, 3.05) is 18.1 Å². The van der Waals surface area contributed by atoms with Crippen molar-refractivity contribution in [3.63, 3.8) is 0 Å². The van der Waals surface area contributed by atoms with Crippen molar-refractivity contribution in [1.82, 2.24) is 0 Å². The standard InChI is InChI=1S/C17H15FN4O7S2/c1-20-11-4-3-9-10(15(11)19)7-14(31(27,28)29)16(17(9)23)22-21-12-6-8(18)2-5-13(12)30(24,25)26/h2-7,20,23H,19H2,1H3,(H,24,25,26)(H,27,28,29). The minimum atomic E-state index is -4.97. The minimum absolute atomic E-state index is 0.0482. The van der Waals surface area contributed by atoms with Crippen molar-refractivity contribution < 1.29 is 35.4 Å². The fourth-order valence-corrected chi connectivity index (χ4v) is 4.10. The molecule has 0 aliphatic heterocycles. The van der Waals surface area contributed by atoms with E-state index in [1.807, 2.05) is 0 Å². The smallest absolute Gasteiger partial charge is 0.296 e. The van der Waals surface area contributed by atoms with Gasteiger partial charge in [0, 0.05) is 23.9 Å². The van der Waals surface area contributed by atoms with Crippen molar-refractivity contribution in [3.05, 3.63) is 42.2 Å². The van der Waals surface area contributed by atoms with Crippen LogP contribution in [0.15, 0.2) is 56.4 Å². The number of halogens is 1. The van der Waals surface area contributed by atoms with E-state index in [1.54, 1.807) is 7.05 Å². The van der Waals surface area contributed by atoms with Crippen LogP contribution in [0.4, 0.5) is 27.1 Å². The maximum absolute atomic E-state index is 13.5. The van der Waals surface area contributed by atoms with E-state index in [1.165, 1.54) is 12.1 Å². The van der Waals surface area contributed by atoms with E-state index < -0.39 is 53.0 Å². The third-order valence-corrected chi connectivity index (χ3v) is 6.05. The van der Waals surface area contributed by atoms with Crippen LogP contribution in [0.25, 0.3) is 10.8 Å². The zero-order valence-electron chi connectivity index (χ0n) is 15.6. The summed E-state index contributed by atoms with van der Waals surface area (Å²) >= 11 is 0. The molecule has 0 saturated carbocycles. The molecule has 3 rings (SSSR count). The topological polar surface area (TPSA) is 192 Å². The van der Waals surface area contributed by atoms with Crippen molar-refractivity contribution in [3.8, 4) is 5.75 Å². The van der Waals surface area contributed by atoms with Gasteiger partial charge in [0.15, 0.2) is 5.75 Å². The summed E-state index contributed by atoms with van der Waals surface area (Å²) < 4.78 is 79.1. The molecule has 3 aromatic carbocycles. The maximum atomic E-state index is 13.5. The molecule has 0 radical (unpaired) electrons. The predicted molar refractivity (Wildman–Crippen MR) is 110 cm³/mol. The molecular weight excluding hydrogens is 455 g/mol. The van der Waals surface area contributed by atoms with Crippen LogP contribution in [0.1, 0.15) is 0 Å². The van der Waals surface area contributed by atoms with E-state index in [0.717, 1.165) is 18.2 Å². The Morgan fingerprint density at radius 1 is 0.935 bits per heavy atom. The number of phenols is 1. The average molecular weight is 470 g/mol. The molecule has 11 nitrogen and oxygen atoms in total. The van der Waals surface area contributed by atoms with Crippen molar-refractivity contribution in [1.29, 1.82) is 0 Å². The summed E-state index contributed by atoms with van der Waals surface area (Å²) in [7, 11) is -8.23. The highest BCUT2D eigenvalue weighted by Crippen LogP contribution is 2.44. The van der Waals surface area contributed by atoms with E-state index in [-0.39, 0.29) is 16.5 Å². The Kier molecular flexibility index (Phi) is 5.58. The number of anilines is 2. The number of nitrogens with one attached hydrogen (secondary N) is 1. The van der Waals surface area contributed by atoms with Gasteiger partial charge in [0.1, 0.15) is 27.0 Å². The van der Waals surface area contributed by atoms with Crippen LogP contribution in [0.3, 0.4) is 0 Å². The number of azo groups is 1. The number of fused-ring (bicyclic) bond motifs is 1. The van der Waals surface area contributed by atoms with Crippen molar-refractivity contribution in [2.45, 2.75) is 9.79 Å². The van der Waals surface area contributed by atoms with Crippen LogP contribution in [0, 0.1) is 5.82 Å². The van der Waals surface area contributed by atoms with Gasteiger partial charge in [0.2, 0.25) is 0 Å². The van der Waals surface area contributed by atoms with Crippen LogP contribution in [0.5, 0.6) is 5.75 Å². The van der Waals surface area contributed by atoms with Gasteiger partial charge in [-0.1, -0.05) is 0 Å². The lowest BCUT2D eigenvalue weighted by Gasteiger charge is -2.13. The Labute approximate surface area is 175 Å². The third-order valence-electron chi connectivity index (χ3n) is 4.28. The molecule has 0 unspecified atom stereocenters. The first kappa shape index (κ1) is 22.4. The average Bonchev–Trinajstić information content (AvgIpc) is 2.66. The van der Waals surface area contributed by atoms with E-state index in [0.29, 0.717) is 11.8 Å². The highest BCUT2D eigenvalue weighted by atomic mass is 32.2. The van der Waals surface area contributed by atoms with Gasteiger partial charge in [-0.25, -0.2) is 4.39 Å². The van der Waals surface area contributed by atoms with Crippen LogP contribution >= 0.6 is 0 Å². The Balaban J connectivity index is 2.33. The normalized spacial score (nSPS) is 12.5. The molecule has 0 heterocycles. The Bertz CT molecular complexity index is 1460. The van der Waals surface area contributed by atoms with Crippen LogP contribution in [-0.2, 0) is 20.2 Å². The zero-order valence-corrected chi connectivity index (χ0v) is 17.2. The molecule has 14 heteroatoms. The molecule has 0 aliphatic carbocycles. The molecule has 0 aliphatic rings. The molecule has 0 bridgehead atoms. The number of nitrogens with zero attached hydrogens (tertiary/aromatic N) is 2. The second kappa shape index (κ2) is 7.73. The van der Waals surface area contributed by atoms with Gasteiger partial charge in [-0.15, -0.1) is 10.2 Å². The van der Waals surface area contributed by atoms with E-state index >= 15 is 0 Å². The SMILES string of the molecule is CNc1ccc2c(O)c(N=Nc3cc(F)ccc3S(=O)(=O)O)c(S(=O)(=O)O)cc2c1N. The number of nitrogens with two attached hydrogens (primary N) is 1. The molecular formula is C17H15FN4O7S2. The number of benzene rings is 3. The van der Waals surface area contributed by atoms with Gasteiger partial charge in [-0.2, -0.15) is 16.8 Å². The minimum Gasteiger partial charge on any atom is -0.505 e. The quantitative estimate of drug-likeness (QED) is 0.211. The van der Waals surface area contributed by atoms with E-state index in [4.69, 9.17) is 5.73 Å². The number of phenolic OH excluding ortho intramolecular Hbond substituents is 1. The number of rotatable bonds is 5. The first-order chi connectivity index (χ1) is 14.3. The number of hydrogen-bond acceptors (Lipinski definition) is 9. The number of hydrogen-bond donors (Lipinski definition) is 5. The summed E-state index contributed by atoms with van der Waals surface area (Å²) in [6, 6.07) is 5.93. The lowest BCUT2D eigenvalue weighted by Crippen LogP contribution is -2.01.